The molecule has 5 heteroatoms. The van der Waals surface area contributed by atoms with Gasteiger partial charge in [-0.1, -0.05) is 25.5 Å². The Bertz CT molecular complexity index is 531. The number of fused-ring (bicyclic) bond motifs is 1. The Morgan fingerprint density at radius 3 is 2.87 bits per heavy atom. The predicted octanol–water partition coefficient (Wildman–Crippen LogP) is 2.59. The van der Waals surface area contributed by atoms with Crippen LogP contribution in [0.2, 0.25) is 0 Å². The Labute approximate surface area is 143 Å². The summed E-state index contributed by atoms with van der Waals surface area (Å²) in [5.74, 6) is 0.135. The van der Waals surface area contributed by atoms with E-state index in [1.807, 2.05) is 11.8 Å². The van der Waals surface area contributed by atoms with Gasteiger partial charge >= 0.3 is 0 Å². The van der Waals surface area contributed by atoms with Gasteiger partial charge in [0.25, 0.3) is 0 Å². The zero-order chi connectivity index (χ0) is 16.1. The van der Waals surface area contributed by atoms with E-state index in [1.165, 1.54) is 42.9 Å². The number of nitrogens with zero attached hydrogens (tertiary/aromatic N) is 2. The van der Waals surface area contributed by atoms with Gasteiger partial charge in [-0.2, -0.15) is 0 Å². The van der Waals surface area contributed by atoms with Crippen molar-refractivity contribution in [3.05, 3.63) is 24.3 Å². The van der Waals surface area contributed by atoms with E-state index in [0.29, 0.717) is 11.8 Å². The molecule has 1 amide bonds. The minimum Gasteiger partial charge on any atom is -0.360 e. The monoisotopic (exact) mass is 333 g/mol. The largest absolute Gasteiger partial charge is 0.360 e. The molecular formula is C18H27N3OS. The summed E-state index contributed by atoms with van der Waals surface area (Å²) >= 11 is 1.90. The van der Waals surface area contributed by atoms with Crippen LogP contribution in [-0.4, -0.2) is 55.3 Å². The zero-order valence-corrected chi connectivity index (χ0v) is 14.8. The quantitative estimate of drug-likeness (QED) is 0.898. The topological polar surface area (TPSA) is 35.6 Å². The van der Waals surface area contributed by atoms with Crippen molar-refractivity contribution in [2.45, 2.75) is 36.3 Å². The molecule has 3 rings (SSSR count). The highest BCUT2D eigenvalue weighted by molar-refractivity contribution is 8.00. The van der Waals surface area contributed by atoms with Gasteiger partial charge in [0.1, 0.15) is 0 Å². The van der Waals surface area contributed by atoms with Crippen molar-refractivity contribution < 1.29 is 4.79 Å². The van der Waals surface area contributed by atoms with Gasteiger partial charge in [0.05, 0.1) is 12.2 Å². The number of benzene rings is 1. The Morgan fingerprint density at radius 2 is 2.04 bits per heavy atom. The maximum absolute atomic E-state index is 12.3. The first-order chi connectivity index (χ1) is 11.2. The van der Waals surface area contributed by atoms with E-state index in [9.17, 15) is 4.79 Å². The van der Waals surface area contributed by atoms with Crippen molar-refractivity contribution in [1.29, 1.82) is 0 Å². The number of amides is 1. The Morgan fingerprint density at radius 1 is 1.26 bits per heavy atom. The summed E-state index contributed by atoms with van der Waals surface area (Å²) in [5, 5.41) is 3.61. The second-order valence-electron chi connectivity index (χ2n) is 6.53. The number of nitrogens with one attached hydrogen (secondary N) is 1. The second kappa shape index (κ2) is 8.06. The number of carbonyl (C=O) groups excluding carboxylic acids is 1. The minimum atomic E-state index is 0.135. The fraction of sp³-hybridized carbons (Fsp3) is 0.611. The highest BCUT2D eigenvalue weighted by Gasteiger charge is 2.23. The van der Waals surface area contributed by atoms with Crippen LogP contribution in [0.25, 0.3) is 0 Å². The fourth-order valence-electron chi connectivity index (χ4n) is 3.40. The van der Waals surface area contributed by atoms with E-state index in [1.54, 1.807) is 0 Å². The lowest BCUT2D eigenvalue weighted by Gasteiger charge is -2.33. The van der Waals surface area contributed by atoms with Crippen molar-refractivity contribution in [3.8, 4) is 0 Å². The highest BCUT2D eigenvalue weighted by Crippen LogP contribution is 2.37. The Kier molecular flexibility index (Phi) is 5.84. The van der Waals surface area contributed by atoms with Crippen LogP contribution in [0.15, 0.2) is 29.2 Å². The Hall–Kier alpha value is -1.20. The number of hydrogen-bond acceptors (Lipinski definition) is 4. The highest BCUT2D eigenvalue weighted by atomic mass is 32.2. The Balaban J connectivity index is 1.48. The first kappa shape index (κ1) is 16.7. The summed E-state index contributed by atoms with van der Waals surface area (Å²) in [6.07, 6.45) is 3.95. The molecule has 0 radical (unpaired) electrons. The first-order valence-electron chi connectivity index (χ1n) is 8.72. The van der Waals surface area contributed by atoms with Gasteiger partial charge in [0.15, 0.2) is 0 Å². The third-order valence-electron chi connectivity index (χ3n) is 4.54. The molecule has 1 unspecified atom stereocenters. The van der Waals surface area contributed by atoms with Crippen LogP contribution in [0.3, 0.4) is 0 Å². The van der Waals surface area contributed by atoms with Crippen molar-refractivity contribution in [1.82, 2.24) is 10.2 Å². The van der Waals surface area contributed by atoms with Crippen LogP contribution >= 0.6 is 11.8 Å². The summed E-state index contributed by atoms with van der Waals surface area (Å²) in [5.41, 5.74) is 1.20. The number of carbonyl (C=O) groups is 1. The maximum Gasteiger partial charge on any atom is 0.239 e. The number of anilines is 1. The fourth-order valence-corrected chi connectivity index (χ4v) is 4.56. The summed E-state index contributed by atoms with van der Waals surface area (Å²) in [7, 11) is 0. The molecule has 2 aliphatic heterocycles. The molecule has 0 bridgehead atoms. The molecule has 1 aromatic carbocycles. The van der Waals surface area contributed by atoms with Crippen LogP contribution in [0.1, 0.15) is 26.2 Å². The van der Waals surface area contributed by atoms with Crippen LogP contribution in [0, 0.1) is 0 Å². The van der Waals surface area contributed by atoms with Gasteiger partial charge in [-0.25, -0.2) is 0 Å². The summed E-state index contributed by atoms with van der Waals surface area (Å²) < 4.78 is 0. The molecule has 0 aromatic heterocycles. The van der Waals surface area contributed by atoms with Gasteiger partial charge in [-0.3, -0.25) is 4.79 Å². The normalized spacial score (nSPS) is 21.8. The van der Waals surface area contributed by atoms with E-state index < -0.39 is 0 Å². The molecule has 1 atom stereocenters. The predicted molar refractivity (Wildman–Crippen MR) is 97.3 cm³/mol. The number of piperidine rings is 1. The van der Waals surface area contributed by atoms with Crippen molar-refractivity contribution in [2.75, 3.05) is 44.2 Å². The average molecular weight is 334 g/mol. The first-order valence-corrected chi connectivity index (χ1v) is 9.60. The molecule has 1 aromatic rings. The summed E-state index contributed by atoms with van der Waals surface area (Å²) in [6.45, 7) is 7.73. The number of likely N-dealkylation sites (tertiary alicyclic amines) is 1. The minimum absolute atomic E-state index is 0.135. The molecule has 2 aliphatic rings. The smallest absolute Gasteiger partial charge is 0.239 e. The number of para-hydroxylation sites is 1. The van der Waals surface area contributed by atoms with E-state index >= 15 is 0 Å². The van der Waals surface area contributed by atoms with Gasteiger partial charge in [-0.15, -0.1) is 11.8 Å². The standard InChI is InChI=1S/C18H27N3OS/c1-15-13-21(16-7-3-4-8-17(16)23-15)14-18(22)19-9-12-20-10-5-2-6-11-20/h3-4,7-8,15H,2,5-6,9-14H2,1H3,(H,19,22). The van der Waals surface area contributed by atoms with E-state index in [2.05, 4.69) is 46.3 Å². The van der Waals surface area contributed by atoms with E-state index in [4.69, 9.17) is 0 Å². The molecule has 0 spiro atoms. The number of thioether (sulfide) groups is 1. The third kappa shape index (κ3) is 4.64. The lowest BCUT2D eigenvalue weighted by atomic mass is 10.1. The van der Waals surface area contributed by atoms with Crippen LogP contribution < -0.4 is 10.2 Å². The summed E-state index contributed by atoms with van der Waals surface area (Å²) in [6, 6.07) is 8.39. The molecule has 2 heterocycles. The lowest BCUT2D eigenvalue weighted by molar-refractivity contribution is -0.119. The van der Waals surface area contributed by atoms with Crippen LogP contribution in [0.4, 0.5) is 5.69 Å². The molecule has 0 aliphatic carbocycles. The maximum atomic E-state index is 12.3. The van der Waals surface area contributed by atoms with E-state index in [-0.39, 0.29) is 5.91 Å². The third-order valence-corrected chi connectivity index (χ3v) is 5.70. The molecule has 126 valence electrons. The summed E-state index contributed by atoms with van der Waals surface area (Å²) in [4.78, 5) is 18.2. The molecule has 1 saturated heterocycles. The lowest BCUT2D eigenvalue weighted by Crippen LogP contribution is -2.44. The number of hydrogen-bond donors (Lipinski definition) is 1. The molecular weight excluding hydrogens is 306 g/mol. The molecule has 1 N–H and O–H groups in total. The zero-order valence-electron chi connectivity index (χ0n) is 14.0. The van der Waals surface area contributed by atoms with Crippen molar-refractivity contribution in [3.63, 3.8) is 0 Å². The SMILES string of the molecule is CC1CN(CC(=O)NCCN2CCCCC2)c2ccccc2S1. The molecule has 1 fully saturated rings. The van der Waals surface area contributed by atoms with Crippen LogP contribution in [0.5, 0.6) is 0 Å². The van der Waals surface area contributed by atoms with Crippen molar-refractivity contribution in [2.24, 2.45) is 0 Å². The molecule has 23 heavy (non-hydrogen) atoms. The van der Waals surface area contributed by atoms with E-state index in [0.717, 1.165) is 19.6 Å². The van der Waals surface area contributed by atoms with Gasteiger partial charge in [0, 0.05) is 29.8 Å². The van der Waals surface area contributed by atoms with Gasteiger partial charge in [0.2, 0.25) is 5.91 Å². The van der Waals surface area contributed by atoms with Crippen LogP contribution in [-0.2, 0) is 4.79 Å². The van der Waals surface area contributed by atoms with Crippen molar-refractivity contribution >= 4 is 23.4 Å². The second-order valence-corrected chi connectivity index (χ2v) is 8.01. The average Bonchev–Trinajstić information content (AvgIpc) is 2.55. The number of rotatable bonds is 5. The van der Waals surface area contributed by atoms with Gasteiger partial charge < -0.3 is 15.1 Å². The molecule has 4 nitrogen and oxygen atoms in total. The van der Waals surface area contributed by atoms with Gasteiger partial charge in [-0.05, 0) is 38.1 Å². The molecule has 0 saturated carbocycles.